The van der Waals surface area contributed by atoms with Gasteiger partial charge in [-0.1, -0.05) is 324 Å². The van der Waals surface area contributed by atoms with Gasteiger partial charge in [0.15, 0.2) is 6.29 Å². The Labute approximate surface area is 518 Å². The second-order valence-electron chi connectivity index (χ2n) is 24.6. The highest BCUT2D eigenvalue weighted by Gasteiger charge is 2.44. The van der Waals surface area contributed by atoms with Crippen LogP contribution in [0.1, 0.15) is 328 Å². The number of allylic oxidation sites excluding steroid dienone is 13. The molecule has 0 aromatic rings. The summed E-state index contributed by atoms with van der Waals surface area (Å²) in [5, 5.41) is 54.7. The largest absolute Gasteiger partial charge is 0.394 e. The molecule has 84 heavy (non-hydrogen) atoms. The van der Waals surface area contributed by atoms with Crippen LogP contribution in [-0.2, 0) is 14.3 Å². The van der Waals surface area contributed by atoms with E-state index < -0.39 is 49.5 Å². The summed E-state index contributed by atoms with van der Waals surface area (Å²) >= 11 is 0. The van der Waals surface area contributed by atoms with Gasteiger partial charge in [-0.2, -0.15) is 0 Å². The molecule has 7 atom stereocenters. The van der Waals surface area contributed by atoms with E-state index in [1.54, 1.807) is 6.08 Å². The van der Waals surface area contributed by atoms with E-state index in [9.17, 15) is 30.3 Å². The highest BCUT2D eigenvalue weighted by atomic mass is 16.7. The molecule has 1 amide bonds. The molecule has 9 heteroatoms. The SMILES string of the molecule is CC/C=C\C/C=C\C/C=C\C/C=C\CCCCCCCCCCCCCCCCCCCCCCCCCCCCC(=O)NC(COC1OC(CO)C(O)C(O)C1O)C(O)/C=C/CC/C=C/CC/C=C/CCCCCCCCCCCCCC. The zero-order valence-electron chi connectivity index (χ0n) is 54.6. The van der Waals surface area contributed by atoms with Gasteiger partial charge in [-0.05, 0) is 83.5 Å². The Morgan fingerprint density at radius 1 is 0.417 bits per heavy atom. The standard InChI is InChI=1S/C75H135NO8/c1-3-5-7-9-11-13-15-17-19-21-23-25-27-28-29-30-31-32-33-34-35-36-37-38-39-40-41-42-43-45-47-49-51-53-55-57-59-61-63-65-71(79)76-68(67-83-75-74(82)73(81)72(80)70(66-77)84-75)69(78)64-62-60-58-56-54-52-50-48-46-44-26-24-22-20-18-16-14-12-10-8-6-4-2/h5,7,11,13,17,19,23,25,46,48,54,56,62,64,68-70,72-75,77-78,80-82H,3-4,6,8-10,12,14-16,18,20-22,24,26-45,47,49-53,55,57-61,63,65-67H2,1-2H3,(H,76,79)/b7-5-,13-11-,19-17-,25-23-,48-46+,56-54+,64-62+. The maximum atomic E-state index is 13.1. The predicted molar refractivity (Wildman–Crippen MR) is 359 cm³/mol. The van der Waals surface area contributed by atoms with E-state index in [2.05, 4.69) is 92.1 Å². The molecule has 6 N–H and O–H groups in total. The first-order chi connectivity index (χ1) is 41.3. The number of hydrogen-bond acceptors (Lipinski definition) is 8. The van der Waals surface area contributed by atoms with Crippen molar-refractivity contribution in [3.8, 4) is 0 Å². The van der Waals surface area contributed by atoms with Crippen molar-refractivity contribution in [1.29, 1.82) is 0 Å². The summed E-state index contributed by atoms with van der Waals surface area (Å²) in [6.45, 7) is 3.68. The van der Waals surface area contributed by atoms with Crippen molar-refractivity contribution in [2.75, 3.05) is 13.2 Å². The number of carbonyl (C=O) groups is 1. The number of rotatable bonds is 62. The van der Waals surface area contributed by atoms with E-state index in [1.165, 1.54) is 238 Å². The Hall–Kier alpha value is -2.63. The number of aliphatic hydroxyl groups is 5. The summed E-state index contributed by atoms with van der Waals surface area (Å²) in [6, 6.07) is -0.831. The maximum Gasteiger partial charge on any atom is 0.220 e. The third-order valence-electron chi connectivity index (χ3n) is 16.7. The Morgan fingerprint density at radius 3 is 1.14 bits per heavy atom. The molecule has 0 bridgehead atoms. The van der Waals surface area contributed by atoms with Gasteiger partial charge in [-0.15, -0.1) is 0 Å². The molecular weight excluding hydrogens is 1040 g/mol. The van der Waals surface area contributed by atoms with Crippen molar-refractivity contribution in [3.63, 3.8) is 0 Å². The van der Waals surface area contributed by atoms with Gasteiger partial charge in [0.05, 0.1) is 25.4 Å². The lowest BCUT2D eigenvalue weighted by Crippen LogP contribution is -2.60. The van der Waals surface area contributed by atoms with Gasteiger partial charge in [0.2, 0.25) is 5.91 Å². The topological polar surface area (TPSA) is 149 Å². The molecule has 1 heterocycles. The van der Waals surface area contributed by atoms with Gasteiger partial charge >= 0.3 is 0 Å². The molecule has 7 unspecified atom stereocenters. The zero-order valence-corrected chi connectivity index (χ0v) is 54.6. The van der Waals surface area contributed by atoms with Crippen LogP contribution in [0.5, 0.6) is 0 Å². The van der Waals surface area contributed by atoms with Crippen LogP contribution in [0.4, 0.5) is 0 Å². The van der Waals surface area contributed by atoms with Crippen LogP contribution in [-0.4, -0.2) is 87.5 Å². The third-order valence-corrected chi connectivity index (χ3v) is 16.7. The quantitative estimate of drug-likeness (QED) is 0.0261. The fourth-order valence-corrected chi connectivity index (χ4v) is 11.1. The summed E-state index contributed by atoms with van der Waals surface area (Å²) in [5.41, 5.74) is 0. The molecule has 0 radical (unpaired) electrons. The minimum Gasteiger partial charge on any atom is -0.394 e. The fraction of sp³-hybridized carbons (Fsp3) is 0.800. The lowest BCUT2D eigenvalue weighted by Gasteiger charge is -2.40. The molecule has 1 aliphatic heterocycles. The zero-order chi connectivity index (χ0) is 60.7. The Bertz CT molecular complexity index is 1600. The van der Waals surface area contributed by atoms with Crippen molar-refractivity contribution in [2.24, 2.45) is 0 Å². The van der Waals surface area contributed by atoms with Crippen molar-refractivity contribution in [2.45, 2.75) is 371 Å². The van der Waals surface area contributed by atoms with Crippen molar-refractivity contribution < 1.29 is 39.8 Å². The number of amides is 1. The molecule has 9 nitrogen and oxygen atoms in total. The third kappa shape index (κ3) is 51.4. The summed E-state index contributed by atoms with van der Waals surface area (Å²) in [4.78, 5) is 13.1. The Morgan fingerprint density at radius 2 is 0.750 bits per heavy atom. The maximum absolute atomic E-state index is 13.1. The van der Waals surface area contributed by atoms with Crippen LogP contribution in [0, 0.1) is 0 Å². The van der Waals surface area contributed by atoms with Gasteiger partial charge in [0, 0.05) is 6.42 Å². The number of nitrogens with one attached hydrogen (secondary N) is 1. The minimum atomic E-state index is -1.58. The lowest BCUT2D eigenvalue weighted by molar-refractivity contribution is -0.302. The molecule has 0 spiro atoms. The van der Waals surface area contributed by atoms with E-state index >= 15 is 0 Å². The minimum absolute atomic E-state index is 0.186. The van der Waals surface area contributed by atoms with Crippen LogP contribution in [0.15, 0.2) is 85.1 Å². The van der Waals surface area contributed by atoms with Gasteiger partial charge < -0.3 is 40.3 Å². The Balaban J connectivity index is 2.09. The molecule has 0 aliphatic carbocycles. The smallest absolute Gasteiger partial charge is 0.220 e. The number of aliphatic hydroxyl groups excluding tert-OH is 5. The van der Waals surface area contributed by atoms with E-state index in [0.29, 0.717) is 6.42 Å². The van der Waals surface area contributed by atoms with Crippen molar-refractivity contribution in [3.05, 3.63) is 85.1 Å². The van der Waals surface area contributed by atoms with E-state index in [4.69, 9.17) is 9.47 Å². The number of carbonyl (C=O) groups excluding carboxylic acids is 1. The average molecular weight is 1180 g/mol. The van der Waals surface area contributed by atoms with Gasteiger partial charge in [-0.25, -0.2) is 0 Å². The normalized spacial score (nSPS) is 18.7. The van der Waals surface area contributed by atoms with Gasteiger partial charge in [0.1, 0.15) is 24.4 Å². The van der Waals surface area contributed by atoms with Crippen LogP contribution >= 0.6 is 0 Å². The molecule has 1 rings (SSSR count). The first-order valence-corrected chi connectivity index (χ1v) is 35.8. The predicted octanol–water partition coefficient (Wildman–Crippen LogP) is 19.7. The Kier molecular flexibility index (Phi) is 59.9. The van der Waals surface area contributed by atoms with E-state index in [-0.39, 0.29) is 12.5 Å². The van der Waals surface area contributed by atoms with Crippen LogP contribution in [0.3, 0.4) is 0 Å². The highest BCUT2D eigenvalue weighted by Crippen LogP contribution is 2.23. The van der Waals surface area contributed by atoms with Crippen molar-refractivity contribution in [1.82, 2.24) is 5.32 Å². The first-order valence-electron chi connectivity index (χ1n) is 35.8. The highest BCUT2D eigenvalue weighted by molar-refractivity contribution is 5.76. The molecular formula is C75H135NO8. The van der Waals surface area contributed by atoms with Crippen molar-refractivity contribution >= 4 is 5.91 Å². The summed E-state index contributed by atoms with van der Waals surface area (Å²) in [5.74, 6) is -0.186. The van der Waals surface area contributed by atoms with E-state index in [1.807, 2.05) is 6.08 Å². The average Bonchev–Trinajstić information content (AvgIpc) is 3.70. The summed E-state index contributed by atoms with van der Waals surface area (Å²) < 4.78 is 11.3. The molecule has 0 aromatic heterocycles. The molecule has 0 aromatic carbocycles. The monoisotopic (exact) mass is 1180 g/mol. The number of ether oxygens (including phenoxy) is 2. The van der Waals surface area contributed by atoms with Crippen LogP contribution in [0.25, 0.3) is 0 Å². The molecule has 488 valence electrons. The van der Waals surface area contributed by atoms with Crippen LogP contribution < -0.4 is 5.32 Å². The lowest BCUT2D eigenvalue weighted by atomic mass is 9.99. The fourth-order valence-electron chi connectivity index (χ4n) is 11.1. The molecule has 1 aliphatic rings. The van der Waals surface area contributed by atoms with Gasteiger partial charge in [-0.3, -0.25) is 4.79 Å². The van der Waals surface area contributed by atoms with Gasteiger partial charge in [0.25, 0.3) is 0 Å². The van der Waals surface area contributed by atoms with Crippen LogP contribution in [0.2, 0.25) is 0 Å². The summed E-state index contributed by atoms with van der Waals surface area (Å²) in [7, 11) is 0. The first kappa shape index (κ1) is 79.4. The number of hydrogen-bond donors (Lipinski definition) is 6. The molecule has 0 saturated carbocycles. The molecule has 1 fully saturated rings. The molecule has 1 saturated heterocycles. The second-order valence-corrected chi connectivity index (χ2v) is 24.6. The summed E-state index contributed by atoms with van der Waals surface area (Å²) in [6.07, 6.45) is 84.2. The number of unbranched alkanes of at least 4 members (excludes halogenated alkanes) is 40. The second kappa shape index (κ2) is 63.4. The van der Waals surface area contributed by atoms with E-state index in [0.717, 1.165) is 70.6 Å².